The van der Waals surface area contributed by atoms with Gasteiger partial charge in [-0.25, -0.2) is 0 Å². The molecule has 0 aromatic heterocycles. The van der Waals surface area contributed by atoms with Gasteiger partial charge in [-0.1, -0.05) is 68.1 Å². The molecule has 144 valence electrons. The van der Waals surface area contributed by atoms with Crippen LogP contribution < -0.4 is 5.32 Å². The van der Waals surface area contributed by atoms with Gasteiger partial charge in [-0.2, -0.15) is 0 Å². The van der Waals surface area contributed by atoms with Crippen molar-refractivity contribution in [1.82, 2.24) is 0 Å². The largest absolute Gasteiger partial charge is 0.355 e. The number of hydrogen-bond donors (Lipinski definition) is 1. The van der Waals surface area contributed by atoms with Crippen molar-refractivity contribution in [3.05, 3.63) is 102 Å². The number of carbonyl (C=O) groups is 1. The lowest BCUT2D eigenvalue weighted by molar-refractivity contribution is -0.112. The Hall–Kier alpha value is -3.13. The summed E-state index contributed by atoms with van der Waals surface area (Å²) in [6.07, 6.45) is 8.50. The maximum absolute atomic E-state index is 11.8. The SMILES string of the molecule is C=C(C)C(=C\C=C/C)/C(=C\C(C)=O)Nc1cccc(-c2cccc(CC)c2)c1. The van der Waals surface area contributed by atoms with Crippen molar-refractivity contribution >= 4 is 11.5 Å². The summed E-state index contributed by atoms with van der Waals surface area (Å²) < 4.78 is 0. The van der Waals surface area contributed by atoms with E-state index < -0.39 is 0 Å². The third-order valence-electron chi connectivity index (χ3n) is 4.36. The van der Waals surface area contributed by atoms with Crippen LogP contribution in [0.25, 0.3) is 11.1 Å². The molecule has 0 saturated heterocycles. The molecule has 0 radical (unpaired) electrons. The Kier molecular flexibility index (Phi) is 7.76. The van der Waals surface area contributed by atoms with Gasteiger partial charge in [0, 0.05) is 23.0 Å². The second-order valence-corrected chi connectivity index (χ2v) is 6.81. The topological polar surface area (TPSA) is 29.1 Å². The van der Waals surface area contributed by atoms with Crippen LogP contribution >= 0.6 is 0 Å². The van der Waals surface area contributed by atoms with Crippen LogP contribution in [0.15, 0.2) is 96.3 Å². The van der Waals surface area contributed by atoms with Crippen LogP contribution in [0.5, 0.6) is 0 Å². The molecule has 2 aromatic carbocycles. The van der Waals surface area contributed by atoms with Gasteiger partial charge >= 0.3 is 0 Å². The summed E-state index contributed by atoms with van der Waals surface area (Å²) in [7, 11) is 0. The van der Waals surface area contributed by atoms with E-state index in [2.05, 4.69) is 55.2 Å². The highest BCUT2D eigenvalue weighted by atomic mass is 16.1. The number of nitrogens with one attached hydrogen (secondary N) is 1. The van der Waals surface area contributed by atoms with Gasteiger partial charge in [0.1, 0.15) is 0 Å². The standard InChI is InChI=1S/C26H29NO/c1-6-8-15-25(19(3)4)26(16-20(5)28)27-24-14-10-13-23(18-24)22-12-9-11-21(7-2)17-22/h6,8-18,27H,3,7H2,1-2,4-5H3/b8-6-,25-15+,26-16+. The molecule has 0 spiro atoms. The van der Waals surface area contributed by atoms with E-state index in [1.165, 1.54) is 11.1 Å². The minimum absolute atomic E-state index is 0.0121. The van der Waals surface area contributed by atoms with Crippen LogP contribution in [0.1, 0.15) is 33.3 Å². The number of hydrogen-bond acceptors (Lipinski definition) is 2. The molecule has 0 unspecified atom stereocenters. The van der Waals surface area contributed by atoms with Gasteiger partial charge in [-0.15, -0.1) is 0 Å². The van der Waals surface area contributed by atoms with Crippen molar-refractivity contribution in [1.29, 1.82) is 0 Å². The Morgan fingerprint density at radius 1 is 1.07 bits per heavy atom. The normalized spacial score (nSPS) is 12.3. The minimum Gasteiger partial charge on any atom is -0.355 e. The van der Waals surface area contributed by atoms with Crippen molar-refractivity contribution < 1.29 is 4.79 Å². The highest BCUT2D eigenvalue weighted by molar-refractivity contribution is 5.90. The zero-order chi connectivity index (χ0) is 20.5. The molecule has 0 saturated carbocycles. The van der Waals surface area contributed by atoms with Gasteiger partial charge in [0.15, 0.2) is 5.78 Å². The van der Waals surface area contributed by atoms with E-state index in [-0.39, 0.29) is 5.78 Å². The van der Waals surface area contributed by atoms with Crippen molar-refractivity contribution in [3.63, 3.8) is 0 Å². The molecule has 0 amide bonds. The van der Waals surface area contributed by atoms with Gasteiger partial charge in [-0.05, 0) is 61.6 Å². The number of ketones is 1. The van der Waals surface area contributed by atoms with E-state index in [9.17, 15) is 4.79 Å². The predicted octanol–water partition coefficient (Wildman–Crippen LogP) is 6.88. The molecule has 2 nitrogen and oxygen atoms in total. The maximum atomic E-state index is 11.8. The summed E-state index contributed by atoms with van der Waals surface area (Å²) in [5.41, 5.74) is 7.11. The minimum atomic E-state index is -0.0121. The number of allylic oxidation sites excluding steroid dienone is 5. The van der Waals surface area contributed by atoms with E-state index >= 15 is 0 Å². The third-order valence-corrected chi connectivity index (χ3v) is 4.36. The summed E-state index contributed by atoms with van der Waals surface area (Å²) in [6.45, 7) is 11.7. The molecule has 0 bridgehead atoms. The summed E-state index contributed by atoms with van der Waals surface area (Å²) in [4.78, 5) is 11.8. The first-order chi connectivity index (χ1) is 13.4. The second-order valence-electron chi connectivity index (χ2n) is 6.81. The Morgan fingerprint density at radius 2 is 1.75 bits per heavy atom. The average Bonchev–Trinajstić information content (AvgIpc) is 2.67. The summed E-state index contributed by atoms with van der Waals surface area (Å²) in [5.74, 6) is -0.0121. The lowest BCUT2D eigenvalue weighted by Crippen LogP contribution is -2.06. The van der Waals surface area contributed by atoms with Crippen LogP contribution in [-0.2, 0) is 11.2 Å². The zero-order valence-electron chi connectivity index (χ0n) is 17.3. The van der Waals surface area contributed by atoms with Crippen molar-refractivity contribution in [2.75, 3.05) is 5.32 Å². The first-order valence-corrected chi connectivity index (χ1v) is 9.62. The molecule has 2 heteroatoms. The number of rotatable bonds is 8. The molecule has 1 N–H and O–H groups in total. The Morgan fingerprint density at radius 3 is 2.36 bits per heavy atom. The van der Waals surface area contributed by atoms with Crippen molar-refractivity contribution in [3.8, 4) is 11.1 Å². The summed E-state index contributed by atoms with van der Waals surface area (Å²) in [6, 6.07) is 16.8. The molecular formula is C26H29NO. The van der Waals surface area contributed by atoms with Crippen molar-refractivity contribution in [2.24, 2.45) is 0 Å². The monoisotopic (exact) mass is 371 g/mol. The molecule has 0 fully saturated rings. The van der Waals surface area contributed by atoms with Crippen LogP contribution in [-0.4, -0.2) is 5.78 Å². The fourth-order valence-electron chi connectivity index (χ4n) is 2.94. The zero-order valence-corrected chi connectivity index (χ0v) is 17.3. The van der Waals surface area contributed by atoms with Gasteiger partial charge in [0.25, 0.3) is 0 Å². The van der Waals surface area contributed by atoms with E-state index in [0.717, 1.165) is 34.5 Å². The lowest BCUT2D eigenvalue weighted by atomic mass is 10.0. The summed E-state index contributed by atoms with van der Waals surface area (Å²) >= 11 is 0. The number of anilines is 1. The molecule has 0 aliphatic rings. The lowest BCUT2D eigenvalue weighted by Gasteiger charge is -2.16. The quantitative estimate of drug-likeness (QED) is 0.405. The third kappa shape index (κ3) is 5.95. The molecule has 28 heavy (non-hydrogen) atoms. The van der Waals surface area contributed by atoms with Crippen LogP contribution in [0.3, 0.4) is 0 Å². The van der Waals surface area contributed by atoms with Gasteiger partial charge in [0.2, 0.25) is 0 Å². The van der Waals surface area contributed by atoms with E-state index in [1.807, 2.05) is 44.2 Å². The van der Waals surface area contributed by atoms with E-state index in [0.29, 0.717) is 0 Å². The molecule has 2 aromatic rings. The molecule has 2 rings (SSSR count). The van der Waals surface area contributed by atoms with Crippen LogP contribution in [0.2, 0.25) is 0 Å². The van der Waals surface area contributed by atoms with Crippen LogP contribution in [0.4, 0.5) is 5.69 Å². The van der Waals surface area contributed by atoms with Gasteiger partial charge in [0.05, 0.1) is 0 Å². The fourth-order valence-corrected chi connectivity index (χ4v) is 2.94. The van der Waals surface area contributed by atoms with Gasteiger partial charge in [-0.3, -0.25) is 4.79 Å². The fraction of sp³-hybridized carbons (Fsp3) is 0.192. The van der Waals surface area contributed by atoms with E-state index in [4.69, 9.17) is 0 Å². The first kappa shape index (κ1) is 21.2. The summed E-state index contributed by atoms with van der Waals surface area (Å²) in [5, 5.41) is 3.42. The smallest absolute Gasteiger partial charge is 0.154 e. The number of aryl methyl sites for hydroxylation is 1. The molecule has 0 aliphatic carbocycles. The average molecular weight is 372 g/mol. The molecule has 0 aliphatic heterocycles. The second kappa shape index (κ2) is 10.3. The first-order valence-electron chi connectivity index (χ1n) is 9.62. The van der Waals surface area contributed by atoms with Crippen LogP contribution in [0, 0.1) is 0 Å². The number of carbonyl (C=O) groups excluding carboxylic acids is 1. The molecular weight excluding hydrogens is 342 g/mol. The van der Waals surface area contributed by atoms with Gasteiger partial charge < -0.3 is 5.32 Å². The Bertz CT molecular complexity index is 944. The Balaban J connectivity index is 2.42. The maximum Gasteiger partial charge on any atom is 0.154 e. The van der Waals surface area contributed by atoms with E-state index in [1.54, 1.807) is 13.0 Å². The predicted molar refractivity (Wildman–Crippen MR) is 121 cm³/mol. The van der Waals surface area contributed by atoms with Crippen molar-refractivity contribution in [2.45, 2.75) is 34.1 Å². The Labute approximate surface area is 169 Å². The highest BCUT2D eigenvalue weighted by Gasteiger charge is 2.09. The highest BCUT2D eigenvalue weighted by Crippen LogP contribution is 2.26. The molecule has 0 atom stereocenters. The molecule has 0 heterocycles. The number of benzene rings is 2.